The van der Waals surface area contributed by atoms with Gasteiger partial charge in [-0.25, -0.2) is 4.57 Å². The van der Waals surface area contributed by atoms with Crippen molar-refractivity contribution in [3.8, 4) is 0 Å². The van der Waals surface area contributed by atoms with Gasteiger partial charge in [0.2, 0.25) is 0 Å². The zero-order valence-corrected chi connectivity index (χ0v) is 47.7. The number of carbonyl (C=O) groups excluding carboxylic acids is 1. The third-order valence-corrected chi connectivity index (χ3v) is 14.5. The molecule has 0 aromatic rings. The maximum absolute atomic E-state index is 12.8. The molecule has 0 saturated heterocycles. The van der Waals surface area contributed by atoms with Crippen LogP contribution in [0.1, 0.15) is 296 Å². The molecule has 2 unspecified atom stereocenters. The molecule has 0 aliphatic carbocycles. The molecule has 69 heavy (non-hydrogen) atoms. The Bertz CT molecular complexity index is 1160. The van der Waals surface area contributed by atoms with Crippen molar-refractivity contribution >= 4 is 13.8 Å². The number of esters is 1. The average Bonchev–Trinajstić information content (AvgIpc) is 3.31. The number of unbranched alkanes of at least 4 members (excludes halogenated alkanes) is 39. The predicted octanol–water partition coefficient (Wildman–Crippen LogP) is 19.1. The number of likely N-dealkylation sites (N-methyl/N-ethyl adjacent to an activating group) is 1. The van der Waals surface area contributed by atoms with Gasteiger partial charge in [0.05, 0.1) is 34.4 Å². The number of hydrogen-bond acceptors (Lipinski definition) is 6. The molecule has 9 heteroatoms. The number of quaternary nitrogens is 1. The van der Waals surface area contributed by atoms with E-state index in [-0.39, 0.29) is 25.8 Å². The number of allylic oxidation sites excluding steroid dienone is 4. The topological polar surface area (TPSA) is 91.3 Å². The van der Waals surface area contributed by atoms with E-state index >= 15 is 0 Å². The number of phosphoric ester groups is 1. The Morgan fingerprint density at radius 2 is 0.754 bits per heavy atom. The second kappa shape index (κ2) is 53.3. The molecule has 0 radical (unpaired) electrons. The van der Waals surface area contributed by atoms with Gasteiger partial charge in [0.25, 0.3) is 0 Å². The molecule has 0 spiro atoms. The first-order chi connectivity index (χ1) is 33.6. The molecule has 0 aromatic carbocycles. The second-order valence-corrected chi connectivity index (χ2v) is 23.2. The van der Waals surface area contributed by atoms with Crippen LogP contribution >= 0.6 is 7.82 Å². The van der Waals surface area contributed by atoms with Crippen molar-refractivity contribution < 1.29 is 37.3 Å². The predicted molar refractivity (Wildman–Crippen MR) is 298 cm³/mol. The van der Waals surface area contributed by atoms with Gasteiger partial charge in [-0.3, -0.25) is 13.8 Å². The number of phosphoric acid groups is 1. The van der Waals surface area contributed by atoms with Crippen molar-refractivity contribution in [1.82, 2.24) is 0 Å². The fourth-order valence-corrected chi connectivity index (χ4v) is 9.58. The zero-order chi connectivity index (χ0) is 50.5. The second-order valence-electron chi connectivity index (χ2n) is 21.7. The minimum absolute atomic E-state index is 0.0908. The monoisotopic (exact) mass is 997 g/mol. The summed E-state index contributed by atoms with van der Waals surface area (Å²) in [7, 11) is 1.68. The van der Waals surface area contributed by atoms with Crippen LogP contribution in [-0.2, 0) is 27.9 Å². The smallest absolute Gasteiger partial charge is 0.457 e. The lowest BCUT2D eigenvalue weighted by Gasteiger charge is -2.24. The number of rotatable bonds is 57. The summed E-state index contributed by atoms with van der Waals surface area (Å²) in [5, 5.41) is 0. The van der Waals surface area contributed by atoms with E-state index < -0.39 is 13.9 Å². The zero-order valence-electron chi connectivity index (χ0n) is 46.8. The Kier molecular flexibility index (Phi) is 52.5. The highest BCUT2D eigenvalue weighted by atomic mass is 31.2. The summed E-state index contributed by atoms with van der Waals surface area (Å²) in [4.78, 5) is 23.1. The highest BCUT2D eigenvalue weighted by Gasteiger charge is 2.26. The first kappa shape index (κ1) is 68.0. The Morgan fingerprint density at radius 1 is 0.435 bits per heavy atom. The molecule has 0 bridgehead atoms. The summed E-state index contributed by atoms with van der Waals surface area (Å²) in [6, 6.07) is 0. The third kappa shape index (κ3) is 57.8. The van der Waals surface area contributed by atoms with E-state index in [4.69, 9.17) is 18.5 Å². The molecule has 0 fully saturated rings. The SMILES string of the molecule is CCCCCCCCCC/C=C\CCCCCCCCCCCCCCOCC(COP(=O)(O)OCC[N+](C)(C)C)OC(=O)CCCCCCCCCCCCC/C=C\CCCCCCCCCC. The van der Waals surface area contributed by atoms with E-state index in [0.717, 1.165) is 32.1 Å². The molecular formula is C60H119NO7P+. The normalized spacial score (nSPS) is 13.5. The summed E-state index contributed by atoms with van der Waals surface area (Å²) in [6.45, 7) is 5.69. The van der Waals surface area contributed by atoms with Gasteiger partial charge in [-0.05, 0) is 64.2 Å². The van der Waals surface area contributed by atoms with E-state index in [0.29, 0.717) is 24.1 Å². The van der Waals surface area contributed by atoms with Crippen LogP contribution in [0.15, 0.2) is 24.3 Å². The van der Waals surface area contributed by atoms with Crippen LogP contribution in [0.5, 0.6) is 0 Å². The van der Waals surface area contributed by atoms with E-state index in [9.17, 15) is 14.3 Å². The van der Waals surface area contributed by atoms with Gasteiger partial charge >= 0.3 is 13.8 Å². The molecule has 1 N–H and O–H groups in total. The van der Waals surface area contributed by atoms with E-state index in [1.165, 1.54) is 244 Å². The van der Waals surface area contributed by atoms with Crippen molar-refractivity contribution in [1.29, 1.82) is 0 Å². The maximum atomic E-state index is 12.8. The first-order valence-electron chi connectivity index (χ1n) is 30.1. The van der Waals surface area contributed by atoms with Crippen LogP contribution in [-0.4, -0.2) is 75.6 Å². The Balaban J connectivity index is 4.02. The van der Waals surface area contributed by atoms with E-state index in [1.807, 2.05) is 21.1 Å². The minimum Gasteiger partial charge on any atom is -0.457 e. The largest absolute Gasteiger partial charge is 0.472 e. The molecule has 0 heterocycles. The number of ether oxygens (including phenoxy) is 2. The lowest BCUT2D eigenvalue weighted by atomic mass is 10.0. The van der Waals surface area contributed by atoms with Crippen LogP contribution in [0, 0.1) is 0 Å². The van der Waals surface area contributed by atoms with Crippen LogP contribution in [0.2, 0.25) is 0 Å². The lowest BCUT2D eigenvalue weighted by Crippen LogP contribution is -2.37. The van der Waals surface area contributed by atoms with E-state index in [1.54, 1.807) is 0 Å². The molecule has 0 aromatic heterocycles. The number of nitrogens with zero attached hydrogens (tertiary/aromatic N) is 1. The van der Waals surface area contributed by atoms with Crippen LogP contribution in [0.3, 0.4) is 0 Å². The standard InChI is InChI=1S/C60H118NO7P/c1-6-8-10-12-14-16-18-20-22-24-26-28-30-32-34-36-38-40-42-44-46-48-50-52-55-65-57-59(58-67-69(63,64)66-56-54-61(3,4)5)68-60(62)53-51-49-47-45-43-41-39-37-35-33-31-29-27-25-23-21-19-17-15-13-11-9-7-2/h24-27,59H,6-23,28-58H2,1-5H3/p+1/b26-24-,27-25-. The van der Waals surface area contributed by atoms with Gasteiger partial charge < -0.3 is 18.9 Å². The summed E-state index contributed by atoms with van der Waals surface area (Å²) in [5.41, 5.74) is 0. The van der Waals surface area contributed by atoms with Crippen molar-refractivity contribution in [3.63, 3.8) is 0 Å². The van der Waals surface area contributed by atoms with Gasteiger partial charge in [0, 0.05) is 13.0 Å². The summed E-state index contributed by atoms with van der Waals surface area (Å²) < 4.78 is 35.3. The van der Waals surface area contributed by atoms with E-state index in [2.05, 4.69) is 38.2 Å². The molecular weight excluding hydrogens is 878 g/mol. The fraction of sp³-hybridized carbons (Fsp3) is 0.917. The van der Waals surface area contributed by atoms with Gasteiger partial charge in [-0.15, -0.1) is 0 Å². The number of carbonyl (C=O) groups is 1. The molecule has 2 atom stereocenters. The van der Waals surface area contributed by atoms with Crippen molar-refractivity contribution in [2.45, 2.75) is 302 Å². The van der Waals surface area contributed by atoms with Crippen LogP contribution in [0.4, 0.5) is 0 Å². The molecule has 0 aliphatic heterocycles. The Labute approximate surface area is 430 Å². The lowest BCUT2D eigenvalue weighted by molar-refractivity contribution is -0.870. The van der Waals surface area contributed by atoms with Crippen LogP contribution in [0.25, 0.3) is 0 Å². The van der Waals surface area contributed by atoms with Crippen LogP contribution < -0.4 is 0 Å². The quantitative estimate of drug-likeness (QED) is 0.0213. The van der Waals surface area contributed by atoms with Gasteiger partial charge in [-0.1, -0.05) is 250 Å². The van der Waals surface area contributed by atoms with Crippen molar-refractivity contribution in [2.75, 3.05) is 54.1 Å². The Morgan fingerprint density at radius 3 is 1.10 bits per heavy atom. The molecule has 0 amide bonds. The highest BCUT2D eigenvalue weighted by molar-refractivity contribution is 7.47. The van der Waals surface area contributed by atoms with Gasteiger partial charge in [-0.2, -0.15) is 0 Å². The molecule has 410 valence electrons. The Hall–Kier alpha value is -1.02. The third-order valence-electron chi connectivity index (χ3n) is 13.5. The minimum atomic E-state index is -4.28. The molecule has 8 nitrogen and oxygen atoms in total. The summed E-state index contributed by atoms with van der Waals surface area (Å²) in [5.74, 6) is -0.308. The summed E-state index contributed by atoms with van der Waals surface area (Å²) >= 11 is 0. The first-order valence-corrected chi connectivity index (χ1v) is 31.6. The number of hydrogen-bond donors (Lipinski definition) is 1. The van der Waals surface area contributed by atoms with Crippen molar-refractivity contribution in [2.24, 2.45) is 0 Å². The van der Waals surface area contributed by atoms with Gasteiger partial charge in [0.1, 0.15) is 19.3 Å². The maximum Gasteiger partial charge on any atom is 0.472 e. The fourth-order valence-electron chi connectivity index (χ4n) is 8.84. The molecule has 0 aliphatic rings. The van der Waals surface area contributed by atoms with Crippen molar-refractivity contribution in [3.05, 3.63) is 24.3 Å². The average molecular weight is 998 g/mol. The molecule has 0 rings (SSSR count). The van der Waals surface area contributed by atoms with Gasteiger partial charge in [0.15, 0.2) is 0 Å². The molecule has 0 saturated carbocycles. The highest BCUT2D eigenvalue weighted by Crippen LogP contribution is 2.43. The summed E-state index contributed by atoms with van der Waals surface area (Å²) in [6.07, 6.45) is 65.3.